The molecule has 14 heavy (non-hydrogen) atoms. The number of nitrogens with one attached hydrogen (secondary N) is 1. The van der Waals surface area contributed by atoms with E-state index in [1.165, 1.54) is 6.42 Å². The molecule has 1 saturated heterocycles. The third-order valence-electron chi connectivity index (χ3n) is 3.86. The molecule has 1 aliphatic carbocycles. The Kier molecular flexibility index (Phi) is 2.20. The molecule has 0 spiro atoms. The van der Waals surface area contributed by atoms with Crippen LogP contribution in [-0.2, 0) is 4.74 Å². The van der Waals surface area contributed by atoms with Gasteiger partial charge in [0.2, 0.25) is 0 Å². The van der Waals surface area contributed by atoms with Crippen molar-refractivity contribution in [1.29, 1.82) is 0 Å². The monoisotopic (exact) mass is 197 g/mol. The lowest BCUT2D eigenvalue weighted by molar-refractivity contribution is 0.0366. The second kappa shape index (κ2) is 3.14. The standard InChI is InChI=1S/C11H19NO2/c1-7(2)11-5-4-8(3)6-9(11)14-10(13)12-11/h7-9H,4-6H2,1-3H3,(H,12,13)/t8-,9+,11+/m1/s1. The lowest BCUT2D eigenvalue weighted by Crippen LogP contribution is -2.55. The van der Waals surface area contributed by atoms with Crippen LogP contribution in [0, 0.1) is 11.8 Å². The quantitative estimate of drug-likeness (QED) is 0.700. The molecule has 1 aliphatic heterocycles. The summed E-state index contributed by atoms with van der Waals surface area (Å²) in [6, 6.07) is 0. The molecule has 1 heterocycles. The minimum Gasteiger partial charge on any atom is -0.444 e. The zero-order valence-corrected chi connectivity index (χ0v) is 9.17. The highest BCUT2D eigenvalue weighted by molar-refractivity contribution is 5.71. The van der Waals surface area contributed by atoms with Gasteiger partial charge in [0.05, 0.1) is 5.54 Å². The van der Waals surface area contributed by atoms with E-state index in [0.717, 1.165) is 12.8 Å². The number of carbonyl (C=O) groups excluding carboxylic acids is 1. The molecule has 2 fully saturated rings. The predicted octanol–water partition coefficient (Wildman–Crippen LogP) is 2.31. The normalized spacial score (nSPS) is 41.9. The van der Waals surface area contributed by atoms with Gasteiger partial charge in [0.25, 0.3) is 0 Å². The molecular weight excluding hydrogens is 178 g/mol. The number of hydrogen-bond donors (Lipinski definition) is 1. The SMILES string of the molecule is CC(C)[C@@]12CC[C@@H](C)C[C@@H]1OC(=O)N2. The third kappa shape index (κ3) is 1.30. The molecule has 2 rings (SSSR count). The van der Waals surface area contributed by atoms with Crippen molar-refractivity contribution in [2.45, 2.75) is 51.7 Å². The first-order chi connectivity index (χ1) is 6.54. The summed E-state index contributed by atoms with van der Waals surface area (Å²) in [4.78, 5) is 11.3. The summed E-state index contributed by atoms with van der Waals surface area (Å²) >= 11 is 0. The number of hydrogen-bond acceptors (Lipinski definition) is 2. The van der Waals surface area contributed by atoms with Gasteiger partial charge in [0.1, 0.15) is 6.10 Å². The molecule has 3 nitrogen and oxygen atoms in total. The first-order valence-electron chi connectivity index (χ1n) is 5.53. The van der Waals surface area contributed by atoms with E-state index in [2.05, 4.69) is 26.1 Å². The molecule has 2 aliphatic rings. The second-order valence-corrected chi connectivity index (χ2v) is 5.09. The van der Waals surface area contributed by atoms with Crippen molar-refractivity contribution in [2.75, 3.05) is 0 Å². The molecule has 0 unspecified atom stereocenters. The van der Waals surface area contributed by atoms with Crippen LogP contribution in [0.5, 0.6) is 0 Å². The fourth-order valence-electron chi connectivity index (χ4n) is 2.79. The summed E-state index contributed by atoms with van der Waals surface area (Å²) in [5, 5.41) is 3.03. The van der Waals surface area contributed by atoms with Gasteiger partial charge in [-0.2, -0.15) is 0 Å². The molecule has 0 aromatic heterocycles. The summed E-state index contributed by atoms with van der Waals surface area (Å²) in [7, 11) is 0. The van der Waals surface area contributed by atoms with Gasteiger partial charge in [-0.1, -0.05) is 20.8 Å². The van der Waals surface area contributed by atoms with Crippen molar-refractivity contribution in [1.82, 2.24) is 5.32 Å². The topological polar surface area (TPSA) is 38.3 Å². The van der Waals surface area contributed by atoms with Crippen molar-refractivity contribution in [3.63, 3.8) is 0 Å². The molecule has 1 amide bonds. The summed E-state index contributed by atoms with van der Waals surface area (Å²) in [5.41, 5.74) is -0.0798. The lowest BCUT2D eigenvalue weighted by atomic mass is 9.70. The predicted molar refractivity (Wildman–Crippen MR) is 54.0 cm³/mol. The molecule has 0 aromatic carbocycles. The van der Waals surface area contributed by atoms with Crippen molar-refractivity contribution in [2.24, 2.45) is 11.8 Å². The van der Waals surface area contributed by atoms with Crippen LogP contribution in [0.4, 0.5) is 4.79 Å². The lowest BCUT2D eigenvalue weighted by Gasteiger charge is -2.41. The van der Waals surface area contributed by atoms with E-state index < -0.39 is 0 Å². The zero-order valence-electron chi connectivity index (χ0n) is 9.17. The largest absolute Gasteiger partial charge is 0.444 e. The van der Waals surface area contributed by atoms with Crippen molar-refractivity contribution in [3.05, 3.63) is 0 Å². The van der Waals surface area contributed by atoms with E-state index in [9.17, 15) is 4.79 Å². The Labute approximate surface area is 85.2 Å². The third-order valence-corrected chi connectivity index (χ3v) is 3.86. The highest BCUT2D eigenvalue weighted by Gasteiger charge is 2.52. The summed E-state index contributed by atoms with van der Waals surface area (Å²) in [6.07, 6.45) is 3.13. The van der Waals surface area contributed by atoms with Crippen molar-refractivity contribution < 1.29 is 9.53 Å². The average Bonchev–Trinajstić information content (AvgIpc) is 2.41. The van der Waals surface area contributed by atoms with Crippen LogP contribution in [0.15, 0.2) is 0 Å². The molecule has 80 valence electrons. The average molecular weight is 197 g/mol. The maximum atomic E-state index is 11.3. The Balaban J connectivity index is 2.23. The van der Waals surface area contributed by atoms with E-state index in [-0.39, 0.29) is 17.7 Å². The van der Waals surface area contributed by atoms with Crippen LogP contribution >= 0.6 is 0 Å². The summed E-state index contributed by atoms with van der Waals surface area (Å²) < 4.78 is 5.35. The smallest absolute Gasteiger partial charge is 0.408 e. The van der Waals surface area contributed by atoms with Gasteiger partial charge in [-0.25, -0.2) is 4.79 Å². The highest BCUT2D eigenvalue weighted by Crippen LogP contribution is 2.41. The fraction of sp³-hybridized carbons (Fsp3) is 0.909. The molecule has 1 saturated carbocycles. The maximum Gasteiger partial charge on any atom is 0.408 e. The molecule has 1 N–H and O–H groups in total. The first kappa shape index (κ1) is 9.81. The molecule has 0 bridgehead atoms. The van der Waals surface area contributed by atoms with Crippen LogP contribution in [0.3, 0.4) is 0 Å². The van der Waals surface area contributed by atoms with Gasteiger partial charge in [-0.3, -0.25) is 0 Å². The molecular formula is C11H19NO2. The van der Waals surface area contributed by atoms with E-state index >= 15 is 0 Å². The Bertz CT molecular complexity index is 252. The second-order valence-electron chi connectivity index (χ2n) is 5.09. The van der Waals surface area contributed by atoms with Gasteiger partial charge < -0.3 is 10.1 Å². The molecule has 0 radical (unpaired) electrons. The van der Waals surface area contributed by atoms with E-state index in [1.54, 1.807) is 0 Å². The highest BCUT2D eigenvalue weighted by atomic mass is 16.6. The van der Waals surface area contributed by atoms with E-state index in [1.807, 2.05) is 0 Å². The minimum absolute atomic E-state index is 0.0798. The minimum atomic E-state index is -0.224. The summed E-state index contributed by atoms with van der Waals surface area (Å²) in [6.45, 7) is 6.56. The first-order valence-corrected chi connectivity index (χ1v) is 5.53. The van der Waals surface area contributed by atoms with Crippen LogP contribution in [-0.4, -0.2) is 17.7 Å². The zero-order chi connectivity index (χ0) is 10.3. The fourth-order valence-corrected chi connectivity index (χ4v) is 2.79. The number of alkyl carbamates (subject to hydrolysis) is 1. The van der Waals surface area contributed by atoms with Crippen LogP contribution in [0.1, 0.15) is 40.0 Å². The Morgan fingerprint density at radius 1 is 1.57 bits per heavy atom. The Morgan fingerprint density at radius 3 is 2.93 bits per heavy atom. The van der Waals surface area contributed by atoms with Crippen molar-refractivity contribution in [3.8, 4) is 0 Å². The van der Waals surface area contributed by atoms with Gasteiger partial charge >= 0.3 is 6.09 Å². The Hall–Kier alpha value is -0.730. The van der Waals surface area contributed by atoms with E-state index in [4.69, 9.17) is 4.74 Å². The number of ether oxygens (including phenoxy) is 1. The van der Waals surface area contributed by atoms with Gasteiger partial charge in [-0.05, 0) is 31.1 Å². The van der Waals surface area contributed by atoms with E-state index in [0.29, 0.717) is 11.8 Å². The number of fused-ring (bicyclic) bond motifs is 1. The van der Waals surface area contributed by atoms with Crippen LogP contribution < -0.4 is 5.32 Å². The van der Waals surface area contributed by atoms with Gasteiger partial charge in [0.15, 0.2) is 0 Å². The summed E-state index contributed by atoms with van der Waals surface area (Å²) in [5.74, 6) is 1.13. The van der Waals surface area contributed by atoms with Crippen LogP contribution in [0.25, 0.3) is 0 Å². The van der Waals surface area contributed by atoms with Crippen LogP contribution in [0.2, 0.25) is 0 Å². The van der Waals surface area contributed by atoms with Gasteiger partial charge in [0, 0.05) is 0 Å². The Morgan fingerprint density at radius 2 is 2.29 bits per heavy atom. The molecule has 0 aromatic rings. The molecule has 3 atom stereocenters. The number of amides is 1. The maximum absolute atomic E-state index is 11.3. The molecule has 3 heteroatoms. The number of carbonyl (C=O) groups is 1. The van der Waals surface area contributed by atoms with Crippen molar-refractivity contribution >= 4 is 6.09 Å². The van der Waals surface area contributed by atoms with Gasteiger partial charge in [-0.15, -0.1) is 0 Å². The number of rotatable bonds is 1.